The molecule has 2 atom stereocenters. The Morgan fingerprint density at radius 3 is 2.71 bits per heavy atom. The topological polar surface area (TPSA) is 96.7 Å². The van der Waals surface area contributed by atoms with Gasteiger partial charge >= 0.3 is 12.0 Å². The second-order valence-corrected chi connectivity index (χ2v) is 6.35. The van der Waals surface area contributed by atoms with Gasteiger partial charge in [0.2, 0.25) is 5.88 Å². The van der Waals surface area contributed by atoms with Crippen molar-refractivity contribution in [1.82, 2.24) is 20.0 Å². The highest BCUT2D eigenvalue weighted by molar-refractivity contribution is 5.76. The minimum absolute atomic E-state index is 0.171. The summed E-state index contributed by atoms with van der Waals surface area (Å²) in [6.07, 6.45) is 1.35. The molecule has 2 heterocycles. The molecule has 8 heteroatoms. The molecule has 2 unspecified atom stereocenters. The van der Waals surface area contributed by atoms with Gasteiger partial charge in [0.1, 0.15) is 0 Å². The lowest BCUT2D eigenvalue weighted by Gasteiger charge is -2.34. The van der Waals surface area contributed by atoms with Crippen LogP contribution in [0.3, 0.4) is 0 Å². The number of urea groups is 1. The largest absolute Gasteiger partial charge is 0.481 e. The van der Waals surface area contributed by atoms with Gasteiger partial charge in [0.15, 0.2) is 0 Å². The summed E-state index contributed by atoms with van der Waals surface area (Å²) in [6.45, 7) is 5.09. The van der Waals surface area contributed by atoms with Crippen LogP contribution in [0.1, 0.15) is 31.5 Å². The predicted molar refractivity (Wildman–Crippen MR) is 87.9 cm³/mol. The van der Waals surface area contributed by atoms with Gasteiger partial charge < -0.3 is 20.1 Å². The van der Waals surface area contributed by atoms with Crippen LogP contribution < -0.4 is 10.1 Å². The summed E-state index contributed by atoms with van der Waals surface area (Å²) in [5.41, 5.74) is 1.74. The molecule has 0 aliphatic carbocycles. The van der Waals surface area contributed by atoms with Crippen LogP contribution in [0.4, 0.5) is 4.79 Å². The van der Waals surface area contributed by atoms with Crippen LogP contribution in [0.25, 0.3) is 0 Å². The third kappa shape index (κ3) is 3.80. The zero-order valence-corrected chi connectivity index (χ0v) is 14.7. The third-order valence-electron chi connectivity index (χ3n) is 4.41. The van der Waals surface area contributed by atoms with Crippen molar-refractivity contribution in [3.8, 4) is 5.88 Å². The summed E-state index contributed by atoms with van der Waals surface area (Å²) in [4.78, 5) is 25.3. The van der Waals surface area contributed by atoms with Crippen molar-refractivity contribution >= 4 is 12.0 Å². The van der Waals surface area contributed by atoms with Gasteiger partial charge in [-0.05, 0) is 18.8 Å². The van der Waals surface area contributed by atoms with Gasteiger partial charge in [-0.25, -0.2) is 9.48 Å². The molecule has 0 aromatic carbocycles. The lowest BCUT2D eigenvalue weighted by Crippen LogP contribution is -2.49. The van der Waals surface area contributed by atoms with Gasteiger partial charge in [-0.1, -0.05) is 13.8 Å². The zero-order chi connectivity index (χ0) is 17.9. The molecule has 0 spiro atoms. The molecule has 1 aliphatic rings. The maximum atomic E-state index is 12.4. The maximum absolute atomic E-state index is 12.4. The number of nitrogens with one attached hydrogen (secondary N) is 1. The summed E-state index contributed by atoms with van der Waals surface area (Å²) >= 11 is 0. The summed E-state index contributed by atoms with van der Waals surface area (Å²) in [7, 11) is 3.37. The summed E-state index contributed by atoms with van der Waals surface area (Å²) in [5.74, 6) is -0.549. The average molecular weight is 338 g/mol. The van der Waals surface area contributed by atoms with Gasteiger partial charge in [0.05, 0.1) is 30.8 Å². The molecular weight excluding hydrogens is 312 g/mol. The minimum atomic E-state index is -0.846. The molecule has 0 saturated carbocycles. The van der Waals surface area contributed by atoms with Gasteiger partial charge in [-0.3, -0.25) is 4.79 Å². The molecule has 134 valence electrons. The number of aliphatic carboxylic acids is 1. The Morgan fingerprint density at radius 2 is 2.12 bits per heavy atom. The lowest BCUT2D eigenvalue weighted by molar-refractivity contribution is -0.143. The first-order valence-electron chi connectivity index (χ1n) is 8.21. The fraction of sp³-hybridized carbons (Fsp3) is 0.688. The summed E-state index contributed by atoms with van der Waals surface area (Å²) in [5, 5.41) is 16.5. The molecule has 1 saturated heterocycles. The van der Waals surface area contributed by atoms with Crippen LogP contribution in [-0.4, -0.2) is 52.0 Å². The number of hydrogen-bond acceptors (Lipinski definition) is 4. The van der Waals surface area contributed by atoms with E-state index in [4.69, 9.17) is 4.74 Å². The molecule has 2 N–H and O–H groups in total. The van der Waals surface area contributed by atoms with Crippen LogP contribution in [0.5, 0.6) is 5.88 Å². The van der Waals surface area contributed by atoms with Crippen molar-refractivity contribution in [3.05, 3.63) is 11.3 Å². The van der Waals surface area contributed by atoms with Gasteiger partial charge in [-0.2, -0.15) is 5.10 Å². The molecular formula is C16H26N4O4. The Kier molecular flexibility index (Phi) is 5.69. The Morgan fingerprint density at radius 1 is 1.42 bits per heavy atom. The second kappa shape index (κ2) is 7.55. The number of carboxylic acids is 1. The zero-order valence-electron chi connectivity index (χ0n) is 14.7. The maximum Gasteiger partial charge on any atom is 0.317 e. The van der Waals surface area contributed by atoms with Crippen LogP contribution in [0.15, 0.2) is 0 Å². The van der Waals surface area contributed by atoms with Crippen molar-refractivity contribution in [3.63, 3.8) is 0 Å². The number of piperidine rings is 1. The van der Waals surface area contributed by atoms with Crippen molar-refractivity contribution in [2.45, 2.75) is 33.2 Å². The number of likely N-dealkylation sites (tertiary alicyclic amines) is 1. The Labute approximate surface area is 141 Å². The molecule has 2 amide bonds. The van der Waals surface area contributed by atoms with Gasteiger partial charge in [0.25, 0.3) is 0 Å². The van der Waals surface area contributed by atoms with Crippen molar-refractivity contribution in [2.75, 3.05) is 20.2 Å². The number of amides is 2. The highest BCUT2D eigenvalue weighted by Crippen LogP contribution is 2.23. The van der Waals surface area contributed by atoms with E-state index in [2.05, 4.69) is 10.4 Å². The number of carboxylic acid groups (broad SMARTS) is 1. The van der Waals surface area contributed by atoms with E-state index in [1.54, 1.807) is 23.7 Å². The summed E-state index contributed by atoms with van der Waals surface area (Å²) in [6, 6.07) is -0.249. The summed E-state index contributed by atoms with van der Waals surface area (Å²) < 4.78 is 7.02. The monoisotopic (exact) mass is 338 g/mol. The molecule has 1 aromatic heterocycles. The quantitative estimate of drug-likeness (QED) is 0.842. The molecule has 1 fully saturated rings. The SMILES string of the molecule is CCc1nn(C)c(OC)c1CNC(=O)N1CC(C)CC(C(=O)O)C1. The van der Waals surface area contributed by atoms with E-state index in [9.17, 15) is 14.7 Å². The highest BCUT2D eigenvalue weighted by atomic mass is 16.5. The molecule has 0 bridgehead atoms. The standard InChI is InChI=1S/C16H26N4O4/c1-5-13-12(14(24-4)19(3)18-13)7-17-16(23)20-8-10(2)6-11(9-20)15(21)22/h10-11H,5-9H2,1-4H3,(H,17,23)(H,21,22). The first kappa shape index (κ1) is 18.1. The normalized spacial score (nSPS) is 20.8. The average Bonchev–Trinajstić information content (AvgIpc) is 2.86. The number of rotatable bonds is 5. The predicted octanol–water partition coefficient (Wildman–Crippen LogP) is 1.24. The van der Waals surface area contributed by atoms with Crippen molar-refractivity contribution < 1.29 is 19.4 Å². The first-order valence-corrected chi connectivity index (χ1v) is 8.21. The van der Waals surface area contributed by atoms with E-state index in [1.165, 1.54) is 0 Å². The van der Waals surface area contributed by atoms with E-state index in [0.717, 1.165) is 17.7 Å². The molecule has 1 aliphatic heterocycles. The fourth-order valence-electron chi connectivity index (χ4n) is 3.29. The van der Waals surface area contributed by atoms with Crippen LogP contribution in [-0.2, 0) is 24.8 Å². The number of nitrogens with zero attached hydrogens (tertiary/aromatic N) is 3. The number of methoxy groups -OCH3 is 1. The van der Waals surface area contributed by atoms with E-state index in [1.807, 2.05) is 13.8 Å². The fourth-order valence-corrected chi connectivity index (χ4v) is 3.29. The van der Waals surface area contributed by atoms with Gasteiger partial charge in [-0.15, -0.1) is 0 Å². The molecule has 0 radical (unpaired) electrons. The smallest absolute Gasteiger partial charge is 0.317 e. The number of hydrogen-bond donors (Lipinski definition) is 2. The van der Waals surface area contributed by atoms with Crippen LogP contribution in [0.2, 0.25) is 0 Å². The second-order valence-electron chi connectivity index (χ2n) is 6.35. The number of ether oxygens (including phenoxy) is 1. The highest BCUT2D eigenvalue weighted by Gasteiger charge is 2.32. The van der Waals surface area contributed by atoms with E-state index in [0.29, 0.717) is 25.4 Å². The number of aromatic nitrogens is 2. The molecule has 8 nitrogen and oxygen atoms in total. The Balaban J connectivity index is 2.04. The van der Waals surface area contributed by atoms with Crippen molar-refractivity contribution in [2.24, 2.45) is 18.9 Å². The van der Waals surface area contributed by atoms with Gasteiger partial charge in [0, 0.05) is 20.1 Å². The van der Waals surface area contributed by atoms with Crippen molar-refractivity contribution in [1.29, 1.82) is 0 Å². The Hall–Kier alpha value is -2.25. The third-order valence-corrected chi connectivity index (χ3v) is 4.41. The number of carbonyl (C=O) groups excluding carboxylic acids is 1. The lowest BCUT2D eigenvalue weighted by atomic mass is 9.91. The molecule has 1 aromatic rings. The van der Waals surface area contributed by atoms with Crippen LogP contribution >= 0.6 is 0 Å². The Bertz CT molecular complexity index is 613. The minimum Gasteiger partial charge on any atom is -0.481 e. The number of aryl methyl sites for hydroxylation is 2. The molecule has 24 heavy (non-hydrogen) atoms. The first-order chi connectivity index (χ1) is 11.4. The van der Waals surface area contributed by atoms with E-state index in [-0.39, 0.29) is 18.5 Å². The van der Waals surface area contributed by atoms with Crippen LogP contribution in [0, 0.1) is 11.8 Å². The number of carbonyl (C=O) groups is 2. The molecule has 2 rings (SSSR count). The van der Waals surface area contributed by atoms with E-state index < -0.39 is 11.9 Å². The van der Waals surface area contributed by atoms with E-state index >= 15 is 0 Å².